The largest absolute Gasteiger partial charge is 0.129 e. The van der Waals surface area contributed by atoms with Gasteiger partial charge in [0.1, 0.15) is 7.85 Å². The predicted octanol–water partition coefficient (Wildman–Crippen LogP) is 3.02. The van der Waals surface area contributed by atoms with Crippen LogP contribution in [0.25, 0.3) is 12.2 Å². The van der Waals surface area contributed by atoms with E-state index in [1.807, 2.05) is 7.85 Å². The van der Waals surface area contributed by atoms with E-state index < -0.39 is 0 Å². The van der Waals surface area contributed by atoms with E-state index in [1.165, 1.54) is 16.7 Å². The van der Waals surface area contributed by atoms with E-state index in [1.54, 1.807) is 0 Å². The zero-order valence-corrected chi connectivity index (χ0v) is 9.25. The molecule has 1 heteroatoms. The highest BCUT2D eigenvalue weighted by molar-refractivity contribution is 6.19. The second-order valence-corrected chi connectivity index (χ2v) is 3.44. The molecule has 0 nitrogen and oxygen atoms in total. The number of benzene rings is 1. The molecule has 1 aromatic rings. The maximum absolute atomic E-state index is 2.22. The molecule has 0 aliphatic carbocycles. The van der Waals surface area contributed by atoms with E-state index in [2.05, 4.69) is 56.3 Å². The summed E-state index contributed by atoms with van der Waals surface area (Å²) in [5.74, 6) is 2.08. The van der Waals surface area contributed by atoms with Crippen molar-refractivity contribution in [1.82, 2.24) is 0 Å². The first-order valence-electron chi connectivity index (χ1n) is 5.17. The molecule has 0 saturated heterocycles. The Hall–Kier alpha value is -1.24. The van der Waals surface area contributed by atoms with Crippen LogP contribution in [0.5, 0.6) is 0 Å². The van der Waals surface area contributed by atoms with Crippen molar-refractivity contribution in [2.45, 2.75) is 20.3 Å². The summed E-state index contributed by atoms with van der Waals surface area (Å²) in [6.45, 7) is 4.28. The highest BCUT2D eigenvalue weighted by atomic mass is 14.0. The summed E-state index contributed by atoms with van der Waals surface area (Å²) < 4.78 is 0. The predicted molar refractivity (Wildman–Crippen MR) is 68.1 cm³/mol. The minimum absolute atomic E-state index is 1.09. The minimum Gasteiger partial charge on any atom is -0.123 e. The molecule has 0 spiro atoms. The van der Waals surface area contributed by atoms with Gasteiger partial charge in [-0.25, -0.2) is 0 Å². The van der Waals surface area contributed by atoms with Gasteiger partial charge in [0, 0.05) is 0 Å². The zero-order valence-electron chi connectivity index (χ0n) is 9.25. The SMILES string of the molecule is B/C=C/c1ccc(C)cc1/C=C\CC. The molecule has 0 radical (unpaired) electrons. The zero-order chi connectivity index (χ0) is 10.4. The Morgan fingerprint density at radius 2 is 2.00 bits per heavy atom. The third kappa shape index (κ3) is 2.92. The standard InChI is InChI=1S/C13H17B/c1-3-4-5-13-10-11(2)6-7-12(13)8-9-14/h4-10H,3,14H2,1-2H3/b5-4-,9-8+. The van der Waals surface area contributed by atoms with Gasteiger partial charge in [0.25, 0.3) is 0 Å². The number of allylic oxidation sites excluding steroid dienone is 1. The van der Waals surface area contributed by atoms with Crippen molar-refractivity contribution >= 4 is 20.0 Å². The smallest absolute Gasteiger partial charge is 0.123 e. The van der Waals surface area contributed by atoms with Gasteiger partial charge >= 0.3 is 0 Å². The summed E-state index contributed by atoms with van der Waals surface area (Å²) in [7, 11) is 2.05. The van der Waals surface area contributed by atoms with E-state index in [4.69, 9.17) is 0 Å². The Bertz CT molecular complexity index is 348. The Balaban J connectivity index is 3.08. The first kappa shape index (κ1) is 10.8. The van der Waals surface area contributed by atoms with Gasteiger partial charge < -0.3 is 0 Å². The van der Waals surface area contributed by atoms with Crippen LogP contribution in [-0.4, -0.2) is 7.85 Å². The quantitative estimate of drug-likeness (QED) is 0.633. The molecule has 0 N–H and O–H groups in total. The van der Waals surface area contributed by atoms with E-state index in [0.29, 0.717) is 0 Å². The van der Waals surface area contributed by atoms with E-state index >= 15 is 0 Å². The second-order valence-electron chi connectivity index (χ2n) is 3.44. The van der Waals surface area contributed by atoms with Gasteiger partial charge in [0.2, 0.25) is 0 Å². The van der Waals surface area contributed by atoms with E-state index in [-0.39, 0.29) is 0 Å². The van der Waals surface area contributed by atoms with E-state index in [0.717, 1.165) is 6.42 Å². The molecular formula is C13H17B. The van der Waals surface area contributed by atoms with Crippen molar-refractivity contribution in [3.63, 3.8) is 0 Å². The van der Waals surface area contributed by atoms with Crippen LogP contribution in [-0.2, 0) is 0 Å². The first-order valence-corrected chi connectivity index (χ1v) is 5.17. The topological polar surface area (TPSA) is 0 Å². The van der Waals surface area contributed by atoms with Crippen LogP contribution in [0.15, 0.2) is 30.3 Å². The van der Waals surface area contributed by atoms with Crippen molar-refractivity contribution < 1.29 is 0 Å². The van der Waals surface area contributed by atoms with Crippen LogP contribution in [0.4, 0.5) is 0 Å². The number of rotatable bonds is 3. The van der Waals surface area contributed by atoms with Crippen molar-refractivity contribution in [2.75, 3.05) is 0 Å². The van der Waals surface area contributed by atoms with Gasteiger partial charge in [-0.1, -0.05) is 48.9 Å². The fourth-order valence-electron chi connectivity index (χ4n) is 1.41. The van der Waals surface area contributed by atoms with Crippen molar-refractivity contribution in [3.05, 3.63) is 46.9 Å². The molecule has 0 amide bonds. The molecule has 1 rings (SSSR count). The summed E-state index contributed by atoms with van der Waals surface area (Å²) in [6, 6.07) is 6.55. The molecule has 0 unspecified atom stereocenters. The van der Waals surface area contributed by atoms with Crippen molar-refractivity contribution in [3.8, 4) is 0 Å². The van der Waals surface area contributed by atoms with Crippen LogP contribution in [0.3, 0.4) is 0 Å². The lowest BCUT2D eigenvalue weighted by Crippen LogP contribution is -1.82. The van der Waals surface area contributed by atoms with Crippen LogP contribution in [0, 0.1) is 6.92 Å². The molecule has 0 aliphatic rings. The summed E-state index contributed by atoms with van der Waals surface area (Å²) in [6.07, 6.45) is 7.63. The molecule has 72 valence electrons. The summed E-state index contributed by atoms with van der Waals surface area (Å²) >= 11 is 0. The van der Waals surface area contributed by atoms with Crippen LogP contribution in [0.2, 0.25) is 0 Å². The number of aryl methyl sites for hydroxylation is 1. The molecule has 0 aromatic heterocycles. The fourth-order valence-corrected chi connectivity index (χ4v) is 1.41. The molecule has 0 fully saturated rings. The lowest BCUT2D eigenvalue weighted by molar-refractivity contribution is 1.23. The Kier molecular flexibility index (Phi) is 4.25. The Morgan fingerprint density at radius 3 is 2.64 bits per heavy atom. The highest BCUT2D eigenvalue weighted by Gasteiger charge is 1.95. The summed E-state index contributed by atoms with van der Waals surface area (Å²) in [4.78, 5) is 0. The summed E-state index contributed by atoms with van der Waals surface area (Å²) in [5.41, 5.74) is 3.92. The van der Waals surface area contributed by atoms with Gasteiger partial charge in [-0.15, -0.1) is 5.98 Å². The van der Waals surface area contributed by atoms with Gasteiger partial charge in [0.15, 0.2) is 0 Å². The second kappa shape index (κ2) is 5.49. The summed E-state index contributed by atoms with van der Waals surface area (Å²) in [5, 5.41) is 0. The third-order valence-electron chi connectivity index (χ3n) is 2.12. The Morgan fingerprint density at radius 1 is 1.21 bits per heavy atom. The van der Waals surface area contributed by atoms with Gasteiger partial charge in [0.05, 0.1) is 0 Å². The van der Waals surface area contributed by atoms with Gasteiger partial charge in [-0.3, -0.25) is 0 Å². The number of hydrogen-bond acceptors (Lipinski definition) is 0. The van der Waals surface area contributed by atoms with Crippen LogP contribution in [0.1, 0.15) is 30.0 Å². The lowest BCUT2D eigenvalue weighted by atomic mass is 10.0. The average molecular weight is 184 g/mol. The maximum Gasteiger partial charge on any atom is 0.129 e. The Labute approximate surface area is 87.8 Å². The molecule has 0 saturated carbocycles. The maximum atomic E-state index is 2.22. The molecule has 0 atom stereocenters. The van der Waals surface area contributed by atoms with Crippen molar-refractivity contribution in [2.24, 2.45) is 0 Å². The lowest BCUT2D eigenvalue weighted by Gasteiger charge is -2.02. The van der Waals surface area contributed by atoms with Gasteiger partial charge in [-0.05, 0) is 24.5 Å². The molecule has 1 aromatic carbocycles. The minimum atomic E-state index is 1.09. The normalized spacial score (nSPS) is 11.6. The number of hydrogen-bond donors (Lipinski definition) is 0. The van der Waals surface area contributed by atoms with Crippen molar-refractivity contribution in [1.29, 1.82) is 0 Å². The van der Waals surface area contributed by atoms with Crippen LogP contribution < -0.4 is 0 Å². The molecule has 14 heavy (non-hydrogen) atoms. The molecule has 0 bridgehead atoms. The fraction of sp³-hybridized carbons (Fsp3) is 0.231. The monoisotopic (exact) mass is 184 g/mol. The molecular weight excluding hydrogens is 167 g/mol. The average Bonchev–Trinajstić information content (AvgIpc) is 2.18. The third-order valence-corrected chi connectivity index (χ3v) is 2.12. The first-order chi connectivity index (χ1) is 6.77. The van der Waals surface area contributed by atoms with E-state index in [9.17, 15) is 0 Å². The highest BCUT2D eigenvalue weighted by Crippen LogP contribution is 2.15. The van der Waals surface area contributed by atoms with Gasteiger partial charge in [-0.2, -0.15) is 0 Å². The molecule has 0 heterocycles. The van der Waals surface area contributed by atoms with Crippen LogP contribution >= 0.6 is 0 Å². The molecule has 0 aliphatic heterocycles.